The largest absolute Gasteiger partial charge is 0.310 e. The van der Waals surface area contributed by atoms with Crippen LogP contribution >= 0.6 is 0 Å². The lowest BCUT2D eigenvalue weighted by molar-refractivity contribution is 1.06. The third-order valence-electron chi connectivity index (χ3n) is 15.1. The van der Waals surface area contributed by atoms with Crippen molar-refractivity contribution in [1.29, 1.82) is 0 Å². The number of aromatic nitrogens is 6. The molecule has 14 aromatic rings. The molecule has 322 valence electrons. The molecule has 0 aliphatic carbocycles. The van der Waals surface area contributed by atoms with Crippen molar-refractivity contribution in [2.24, 2.45) is 0 Å². The molecule has 0 fully saturated rings. The molecule has 6 nitrogen and oxygen atoms in total. The number of benzene rings is 10. The van der Waals surface area contributed by atoms with E-state index in [-0.39, 0.29) is 6.71 Å². The smallest absolute Gasteiger partial charge is 0.252 e. The van der Waals surface area contributed by atoms with E-state index >= 15 is 0 Å². The SMILES string of the molecule is c1ccc(-c2nc(-c3ccccc3)nc(-c3ccccc3-n3c4ccccc4c4cc(-c5cc6c7c(c5)-n5c8ccccc8c8cccc(c85)B7c5cccc7c8ccccc8n-6c57)ccc43)n2)cc1. The minimum absolute atomic E-state index is 0.0810. The van der Waals surface area contributed by atoms with Crippen molar-refractivity contribution < 1.29 is 0 Å². The third kappa shape index (κ3) is 5.10. The fraction of sp³-hybridized carbons (Fsp3) is 0. The maximum Gasteiger partial charge on any atom is 0.252 e. The Bertz CT molecular complexity index is 4340. The van der Waals surface area contributed by atoms with Gasteiger partial charge in [-0.2, -0.15) is 0 Å². The first kappa shape index (κ1) is 37.7. The van der Waals surface area contributed by atoms with E-state index in [2.05, 4.69) is 202 Å². The van der Waals surface area contributed by atoms with Gasteiger partial charge >= 0.3 is 0 Å². The number of fused-ring (bicyclic) bond motifs is 13. The van der Waals surface area contributed by atoms with Gasteiger partial charge in [-0.3, -0.25) is 0 Å². The highest BCUT2D eigenvalue weighted by Crippen LogP contribution is 2.43. The molecule has 0 N–H and O–H groups in total. The van der Waals surface area contributed by atoms with Gasteiger partial charge < -0.3 is 13.7 Å². The zero-order chi connectivity index (χ0) is 45.6. The van der Waals surface area contributed by atoms with E-state index in [1.807, 2.05) is 36.4 Å². The molecule has 6 heterocycles. The van der Waals surface area contributed by atoms with E-state index in [4.69, 9.17) is 15.0 Å². The molecule has 0 spiro atoms. The van der Waals surface area contributed by atoms with Crippen molar-refractivity contribution in [3.05, 3.63) is 224 Å². The first-order chi connectivity index (χ1) is 34.7. The van der Waals surface area contributed by atoms with Crippen molar-refractivity contribution in [3.63, 3.8) is 0 Å². The molecule has 0 bridgehead atoms. The molecule has 0 amide bonds. The van der Waals surface area contributed by atoms with E-state index in [9.17, 15) is 0 Å². The van der Waals surface area contributed by atoms with Crippen LogP contribution in [0.15, 0.2) is 224 Å². The third-order valence-corrected chi connectivity index (χ3v) is 15.1. The Morgan fingerprint density at radius 1 is 0.286 bits per heavy atom. The molecule has 0 saturated carbocycles. The van der Waals surface area contributed by atoms with E-state index in [0.29, 0.717) is 17.5 Å². The van der Waals surface area contributed by atoms with E-state index in [1.54, 1.807) is 0 Å². The fourth-order valence-electron chi connectivity index (χ4n) is 12.2. The van der Waals surface area contributed by atoms with Crippen molar-refractivity contribution >= 4 is 88.5 Å². The first-order valence-electron chi connectivity index (χ1n) is 24.0. The molecule has 0 radical (unpaired) electrons. The number of nitrogens with zero attached hydrogens (tertiary/aromatic N) is 6. The molecular weight excluding hydrogens is 852 g/mol. The summed E-state index contributed by atoms with van der Waals surface area (Å²) >= 11 is 0. The summed E-state index contributed by atoms with van der Waals surface area (Å²) in [7, 11) is 0. The Morgan fingerprint density at radius 2 is 0.743 bits per heavy atom. The van der Waals surface area contributed by atoms with E-state index in [1.165, 1.54) is 87.7 Å². The second-order valence-electron chi connectivity index (χ2n) is 18.7. The van der Waals surface area contributed by atoms with E-state index in [0.717, 1.165) is 39.0 Å². The van der Waals surface area contributed by atoms with Crippen LogP contribution in [-0.2, 0) is 0 Å². The normalized spacial score (nSPS) is 12.5. The fourth-order valence-corrected chi connectivity index (χ4v) is 12.2. The Kier molecular flexibility index (Phi) is 7.60. The monoisotopic (exact) mass is 888 g/mol. The Labute approximate surface area is 402 Å². The van der Waals surface area contributed by atoms with Crippen LogP contribution in [0, 0.1) is 0 Å². The van der Waals surface area contributed by atoms with Crippen LogP contribution in [0.5, 0.6) is 0 Å². The summed E-state index contributed by atoms with van der Waals surface area (Å²) in [5.41, 5.74) is 20.0. The summed E-state index contributed by atoms with van der Waals surface area (Å²) in [5.74, 6) is 1.89. The lowest BCUT2D eigenvalue weighted by atomic mass is 9.34. The molecule has 0 atom stereocenters. The molecule has 0 saturated heterocycles. The second kappa shape index (κ2) is 14.1. The Morgan fingerprint density at radius 3 is 1.33 bits per heavy atom. The van der Waals surface area contributed by atoms with Crippen molar-refractivity contribution in [1.82, 2.24) is 28.7 Å². The minimum atomic E-state index is 0.0810. The molecule has 4 aromatic heterocycles. The maximum atomic E-state index is 5.19. The topological polar surface area (TPSA) is 53.5 Å². The summed E-state index contributed by atoms with van der Waals surface area (Å²) in [4.78, 5) is 15.4. The van der Waals surface area contributed by atoms with Gasteiger partial charge in [-0.1, -0.05) is 170 Å². The van der Waals surface area contributed by atoms with Crippen LogP contribution in [0.1, 0.15) is 0 Å². The molecule has 7 heteroatoms. The van der Waals surface area contributed by atoms with Crippen molar-refractivity contribution in [3.8, 4) is 62.4 Å². The van der Waals surface area contributed by atoms with Gasteiger partial charge in [0.15, 0.2) is 17.5 Å². The van der Waals surface area contributed by atoms with E-state index < -0.39 is 0 Å². The van der Waals surface area contributed by atoms with Gasteiger partial charge in [0.25, 0.3) is 6.71 Å². The van der Waals surface area contributed by atoms with Crippen molar-refractivity contribution in [2.75, 3.05) is 0 Å². The van der Waals surface area contributed by atoms with Gasteiger partial charge in [0.05, 0.1) is 27.8 Å². The molecule has 2 aliphatic rings. The highest BCUT2D eigenvalue weighted by Gasteiger charge is 2.41. The van der Waals surface area contributed by atoms with Gasteiger partial charge in [0, 0.05) is 71.4 Å². The number of hydrogen-bond acceptors (Lipinski definition) is 3. The Hall–Kier alpha value is -9.33. The zero-order valence-corrected chi connectivity index (χ0v) is 37.6. The summed E-state index contributed by atoms with van der Waals surface area (Å²) in [5, 5.41) is 7.50. The zero-order valence-electron chi connectivity index (χ0n) is 37.6. The molecule has 70 heavy (non-hydrogen) atoms. The molecule has 0 unspecified atom stereocenters. The van der Waals surface area contributed by atoms with Gasteiger partial charge in [-0.05, 0) is 82.1 Å². The number of rotatable bonds is 5. The highest BCUT2D eigenvalue weighted by molar-refractivity contribution is 7.00. The predicted octanol–water partition coefficient (Wildman–Crippen LogP) is 13.0. The van der Waals surface area contributed by atoms with Crippen LogP contribution in [-0.4, -0.2) is 35.4 Å². The average Bonchev–Trinajstić information content (AvgIpc) is 4.08. The molecule has 2 aliphatic heterocycles. The number of para-hydroxylation sites is 6. The van der Waals surface area contributed by atoms with Crippen molar-refractivity contribution in [2.45, 2.75) is 0 Å². The van der Waals surface area contributed by atoms with Crippen LogP contribution in [0.3, 0.4) is 0 Å². The first-order valence-corrected chi connectivity index (χ1v) is 24.0. The summed E-state index contributed by atoms with van der Waals surface area (Å²) < 4.78 is 7.51. The quantitative estimate of drug-likeness (QED) is 0.162. The maximum absolute atomic E-state index is 5.19. The molecule has 16 rings (SSSR count). The molecule has 10 aromatic carbocycles. The average molecular weight is 889 g/mol. The highest BCUT2D eigenvalue weighted by atomic mass is 15.1. The molecular formula is C63H37BN6. The Balaban J connectivity index is 0.944. The van der Waals surface area contributed by atoms with Crippen LogP contribution < -0.4 is 16.4 Å². The second-order valence-corrected chi connectivity index (χ2v) is 18.7. The predicted molar refractivity (Wildman–Crippen MR) is 289 cm³/mol. The number of hydrogen-bond donors (Lipinski definition) is 0. The summed E-state index contributed by atoms with van der Waals surface area (Å²) in [6, 6.07) is 81.3. The lowest BCUT2D eigenvalue weighted by Gasteiger charge is -2.34. The van der Waals surface area contributed by atoms with Gasteiger partial charge in [0.2, 0.25) is 0 Å². The lowest BCUT2D eigenvalue weighted by Crippen LogP contribution is -2.59. The van der Waals surface area contributed by atoms with Crippen LogP contribution in [0.2, 0.25) is 0 Å². The summed E-state index contributed by atoms with van der Waals surface area (Å²) in [6.45, 7) is 0.0810. The van der Waals surface area contributed by atoms with Gasteiger partial charge in [-0.25, -0.2) is 15.0 Å². The summed E-state index contributed by atoms with van der Waals surface area (Å²) in [6.07, 6.45) is 0. The minimum Gasteiger partial charge on any atom is -0.310 e. The standard InChI is InChI=1S/C63H37BN6/c1-3-17-38(18-4-1)61-65-62(39-19-5-2-6-20-39)67-63(66-61)47-24-10-14-32-54(47)68-51-29-11-9-23-44(51)48-35-40(33-34-55(48)68)41-36-56-58-57(37-41)70-53-31-13-8-22-43(53)46-26-16-28-50(60(46)70)64(58)49-27-15-25-45-42-21-7-12-30-52(42)69(56)59(45)49/h1-37H. The van der Waals surface area contributed by atoms with Gasteiger partial charge in [0.1, 0.15) is 0 Å². The van der Waals surface area contributed by atoms with Gasteiger partial charge in [-0.15, -0.1) is 0 Å². The van der Waals surface area contributed by atoms with Crippen LogP contribution in [0.25, 0.3) is 128 Å². The van der Waals surface area contributed by atoms with Crippen LogP contribution in [0.4, 0.5) is 0 Å².